The van der Waals surface area contributed by atoms with Crippen LogP contribution < -0.4 is 5.32 Å². The van der Waals surface area contributed by atoms with Crippen molar-refractivity contribution in [2.45, 2.75) is 26.7 Å². The fourth-order valence-electron chi connectivity index (χ4n) is 2.44. The van der Waals surface area contributed by atoms with Crippen LogP contribution in [0.4, 0.5) is 5.69 Å². The lowest BCUT2D eigenvalue weighted by atomic mass is 10.0. The summed E-state index contributed by atoms with van der Waals surface area (Å²) in [4.78, 5) is 13.6. The molecule has 1 aromatic rings. The predicted molar refractivity (Wildman–Crippen MR) is 93.3 cm³/mol. The molecule has 0 aliphatic carbocycles. The molecule has 0 saturated carbocycles. The lowest BCUT2D eigenvalue weighted by Gasteiger charge is -2.20. The van der Waals surface area contributed by atoms with E-state index < -0.39 is 5.91 Å². The Morgan fingerprint density at radius 1 is 1.21 bits per heavy atom. The number of nitriles is 1. The summed E-state index contributed by atoms with van der Waals surface area (Å²) < 4.78 is 0. The maximum atomic E-state index is 12.4. The number of hydrogen-bond donors (Lipinski definition) is 3. The number of hydrogen-bond acceptors (Lipinski definition) is 5. The quantitative estimate of drug-likeness (QED) is 0.470. The van der Waals surface area contributed by atoms with Gasteiger partial charge in [-0.05, 0) is 24.0 Å². The van der Waals surface area contributed by atoms with Gasteiger partial charge in [0.1, 0.15) is 11.6 Å². The molecule has 0 fully saturated rings. The number of nitrogens with one attached hydrogen (secondary N) is 1. The van der Waals surface area contributed by atoms with Crippen LogP contribution in [0.1, 0.15) is 25.0 Å². The molecular formula is C18H25N3O3. The van der Waals surface area contributed by atoms with Crippen molar-refractivity contribution in [3.05, 3.63) is 41.1 Å². The Morgan fingerprint density at radius 3 is 2.17 bits per heavy atom. The number of aliphatic hydroxyl groups is 2. The smallest absolute Gasteiger partial charge is 0.266 e. The second kappa shape index (κ2) is 10.4. The Kier molecular flexibility index (Phi) is 8.55. The first kappa shape index (κ1) is 19.7. The zero-order valence-electron chi connectivity index (χ0n) is 14.2. The highest BCUT2D eigenvalue weighted by Crippen LogP contribution is 2.23. The molecule has 130 valence electrons. The van der Waals surface area contributed by atoms with Gasteiger partial charge in [0.05, 0.1) is 13.2 Å². The van der Waals surface area contributed by atoms with E-state index in [1.807, 2.05) is 38.1 Å². The summed E-state index contributed by atoms with van der Waals surface area (Å²) >= 11 is 0. The fourth-order valence-corrected chi connectivity index (χ4v) is 2.44. The molecule has 3 N–H and O–H groups in total. The standard InChI is InChI=1S/C18H25N3O3/c1-3-14-6-5-7-15(4-2)17(14)20-13-16(12-19)18(24)21(8-10-22)9-11-23/h5-7,13,20,22-23H,3-4,8-11H2,1-2H3/b16-13-. The molecule has 0 radical (unpaired) electrons. The fraction of sp³-hybridized carbons (Fsp3) is 0.444. The van der Waals surface area contributed by atoms with Crippen molar-refractivity contribution < 1.29 is 15.0 Å². The molecule has 0 unspecified atom stereocenters. The summed E-state index contributed by atoms with van der Waals surface area (Å²) in [6, 6.07) is 7.90. The maximum absolute atomic E-state index is 12.4. The van der Waals surface area contributed by atoms with Gasteiger partial charge in [-0.25, -0.2) is 0 Å². The van der Waals surface area contributed by atoms with E-state index in [2.05, 4.69) is 5.32 Å². The van der Waals surface area contributed by atoms with Gasteiger partial charge >= 0.3 is 0 Å². The second-order valence-electron chi connectivity index (χ2n) is 5.21. The Labute approximate surface area is 143 Å². The van der Waals surface area contributed by atoms with Crippen LogP contribution in [0.2, 0.25) is 0 Å². The van der Waals surface area contributed by atoms with Crippen molar-refractivity contribution in [3.63, 3.8) is 0 Å². The van der Waals surface area contributed by atoms with E-state index in [1.54, 1.807) is 0 Å². The van der Waals surface area contributed by atoms with E-state index in [1.165, 1.54) is 11.1 Å². The van der Waals surface area contributed by atoms with Gasteiger partial charge in [-0.15, -0.1) is 0 Å². The predicted octanol–water partition coefficient (Wildman–Crippen LogP) is 1.44. The van der Waals surface area contributed by atoms with Gasteiger partial charge in [-0.3, -0.25) is 4.79 Å². The minimum atomic E-state index is -0.514. The zero-order valence-corrected chi connectivity index (χ0v) is 14.2. The van der Waals surface area contributed by atoms with Crippen LogP contribution in [0.3, 0.4) is 0 Å². The molecule has 0 aliphatic heterocycles. The summed E-state index contributed by atoms with van der Waals surface area (Å²) in [5, 5.41) is 30.4. The summed E-state index contributed by atoms with van der Waals surface area (Å²) in [6.45, 7) is 3.79. The van der Waals surface area contributed by atoms with Gasteiger partial charge in [-0.2, -0.15) is 5.26 Å². The highest BCUT2D eigenvalue weighted by Gasteiger charge is 2.17. The van der Waals surface area contributed by atoms with Gasteiger partial charge in [0.15, 0.2) is 0 Å². The molecule has 0 saturated heterocycles. The monoisotopic (exact) mass is 331 g/mol. The number of aliphatic hydroxyl groups excluding tert-OH is 2. The normalized spacial score (nSPS) is 11.0. The van der Waals surface area contributed by atoms with Gasteiger partial charge in [0.25, 0.3) is 5.91 Å². The Balaban J connectivity index is 3.06. The largest absolute Gasteiger partial charge is 0.395 e. The summed E-state index contributed by atoms with van der Waals surface area (Å²) in [7, 11) is 0. The number of anilines is 1. The van der Waals surface area contributed by atoms with Crippen LogP contribution in [0.15, 0.2) is 30.0 Å². The lowest BCUT2D eigenvalue weighted by molar-refractivity contribution is -0.127. The average molecular weight is 331 g/mol. The molecule has 1 rings (SSSR count). The number of rotatable bonds is 9. The topological polar surface area (TPSA) is 96.6 Å². The molecule has 0 aliphatic rings. The first-order valence-electron chi connectivity index (χ1n) is 8.11. The maximum Gasteiger partial charge on any atom is 0.266 e. The third-order valence-corrected chi connectivity index (χ3v) is 3.74. The molecule has 0 spiro atoms. The van der Waals surface area contributed by atoms with Crippen LogP contribution in [0.25, 0.3) is 0 Å². The molecule has 24 heavy (non-hydrogen) atoms. The minimum absolute atomic E-state index is 0.0649. The Hall–Kier alpha value is -2.36. The van der Waals surface area contributed by atoms with Crippen LogP contribution in [-0.4, -0.2) is 47.3 Å². The lowest BCUT2D eigenvalue weighted by Crippen LogP contribution is -2.36. The molecule has 0 bridgehead atoms. The molecule has 1 amide bonds. The van der Waals surface area contributed by atoms with Crippen molar-refractivity contribution >= 4 is 11.6 Å². The molecule has 0 heterocycles. The molecule has 6 heteroatoms. The van der Waals surface area contributed by atoms with Crippen LogP contribution in [0, 0.1) is 11.3 Å². The van der Waals surface area contributed by atoms with Crippen molar-refractivity contribution in [2.24, 2.45) is 0 Å². The summed E-state index contributed by atoms with van der Waals surface area (Å²) in [5.41, 5.74) is 3.07. The average Bonchev–Trinajstić information content (AvgIpc) is 2.61. The Bertz CT molecular complexity index is 592. The number of benzene rings is 1. The van der Waals surface area contributed by atoms with Crippen LogP contribution in [0.5, 0.6) is 0 Å². The molecule has 1 aromatic carbocycles. The van der Waals surface area contributed by atoms with E-state index in [0.717, 1.165) is 29.7 Å². The van der Waals surface area contributed by atoms with E-state index in [-0.39, 0.29) is 31.9 Å². The summed E-state index contributed by atoms with van der Waals surface area (Å²) in [6.07, 6.45) is 3.07. The third kappa shape index (κ3) is 5.08. The summed E-state index contributed by atoms with van der Waals surface area (Å²) in [5.74, 6) is -0.514. The first-order chi connectivity index (χ1) is 11.6. The van der Waals surface area contributed by atoms with Gasteiger partial charge in [0, 0.05) is 25.0 Å². The van der Waals surface area contributed by atoms with Gasteiger partial charge in [-0.1, -0.05) is 32.0 Å². The van der Waals surface area contributed by atoms with E-state index >= 15 is 0 Å². The Morgan fingerprint density at radius 2 is 1.75 bits per heavy atom. The number of aryl methyl sites for hydroxylation is 2. The van der Waals surface area contributed by atoms with E-state index in [9.17, 15) is 10.1 Å². The first-order valence-corrected chi connectivity index (χ1v) is 8.11. The zero-order chi connectivity index (χ0) is 17.9. The highest BCUT2D eigenvalue weighted by atomic mass is 16.3. The number of para-hydroxylation sites is 1. The number of carbonyl (C=O) groups is 1. The SMILES string of the molecule is CCc1cccc(CC)c1N/C=C(/C#N)C(=O)N(CCO)CCO. The molecule has 0 atom stereocenters. The van der Waals surface area contributed by atoms with Crippen LogP contribution >= 0.6 is 0 Å². The van der Waals surface area contributed by atoms with Gasteiger partial charge in [0.2, 0.25) is 0 Å². The van der Waals surface area contributed by atoms with Crippen molar-refractivity contribution in [1.82, 2.24) is 4.90 Å². The van der Waals surface area contributed by atoms with Crippen LogP contribution in [-0.2, 0) is 17.6 Å². The minimum Gasteiger partial charge on any atom is -0.395 e. The van der Waals surface area contributed by atoms with E-state index in [4.69, 9.17) is 10.2 Å². The van der Waals surface area contributed by atoms with Gasteiger partial charge < -0.3 is 20.4 Å². The van der Waals surface area contributed by atoms with Crippen molar-refractivity contribution in [1.29, 1.82) is 5.26 Å². The third-order valence-electron chi connectivity index (χ3n) is 3.74. The van der Waals surface area contributed by atoms with E-state index in [0.29, 0.717) is 0 Å². The van der Waals surface area contributed by atoms with Crippen molar-refractivity contribution in [3.8, 4) is 6.07 Å². The molecule has 6 nitrogen and oxygen atoms in total. The second-order valence-corrected chi connectivity index (χ2v) is 5.21. The van der Waals surface area contributed by atoms with Crippen molar-refractivity contribution in [2.75, 3.05) is 31.6 Å². The number of amides is 1. The molecule has 0 aromatic heterocycles. The molecular weight excluding hydrogens is 306 g/mol. The highest BCUT2D eigenvalue weighted by molar-refractivity contribution is 5.97. The number of carbonyl (C=O) groups excluding carboxylic acids is 1. The number of nitrogens with zero attached hydrogens (tertiary/aromatic N) is 2.